The van der Waals surface area contributed by atoms with Crippen LogP contribution in [0.4, 0.5) is 0 Å². The molecule has 2 aromatic rings. The molecule has 0 saturated heterocycles. The van der Waals surface area contributed by atoms with E-state index in [9.17, 15) is 9.59 Å². The molecule has 2 N–H and O–H groups in total. The third kappa shape index (κ3) is 2.69. The van der Waals surface area contributed by atoms with Gasteiger partial charge in [0.2, 0.25) is 5.91 Å². The van der Waals surface area contributed by atoms with E-state index in [4.69, 9.17) is 10.5 Å². The zero-order chi connectivity index (χ0) is 19.5. The second kappa shape index (κ2) is 6.41. The SMILES string of the molecule is Cc1ccccc1-c1nc(C(=O)OC2C3CC4CC(C3)CC2(C(N)=O)C4)cs1. The maximum Gasteiger partial charge on any atom is 0.358 e. The van der Waals surface area contributed by atoms with Crippen molar-refractivity contribution in [3.05, 3.63) is 40.9 Å². The molecule has 28 heavy (non-hydrogen) atoms. The summed E-state index contributed by atoms with van der Waals surface area (Å²) >= 11 is 1.44. The first kappa shape index (κ1) is 17.9. The molecule has 6 heteroatoms. The van der Waals surface area contributed by atoms with Crippen LogP contribution in [0.2, 0.25) is 0 Å². The standard InChI is InChI=1S/C22H24N2O3S/c1-12-4-2-3-5-16(12)19-24-17(11-28-19)20(25)27-18-15-7-13-6-14(8-15)10-22(18,9-13)21(23)26/h2-5,11,13-15,18H,6-10H2,1H3,(H2,23,26). The Labute approximate surface area is 168 Å². The Morgan fingerprint density at radius 3 is 2.57 bits per heavy atom. The number of carbonyl (C=O) groups is 2. The molecule has 0 spiro atoms. The Balaban J connectivity index is 1.40. The van der Waals surface area contributed by atoms with Crippen LogP contribution in [0, 0.1) is 30.1 Å². The number of aryl methyl sites for hydroxylation is 1. The molecule has 5 nitrogen and oxygen atoms in total. The fourth-order valence-electron chi connectivity index (χ4n) is 6.02. The molecule has 4 saturated carbocycles. The van der Waals surface area contributed by atoms with E-state index < -0.39 is 17.5 Å². The van der Waals surface area contributed by atoms with Crippen LogP contribution in [0.1, 0.15) is 48.2 Å². The lowest BCUT2D eigenvalue weighted by atomic mass is 9.48. The first-order chi connectivity index (χ1) is 13.5. The van der Waals surface area contributed by atoms with Crippen molar-refractivity contribution in [3.8, 4) is 10.6 Å². The second-order valence-electron chi connectivity index (χ2n) is 8.81. The monoisotopic (exact) mass is 396 g/mol. The van der Waals surface area contributed by atoms with Gasteiger partial charge in [-0.1, -0.05) is 24.3 Å². The number of esters is 1. The van der Waals surface area contributed by atoms with E-state index in [1.807, 2.05) is 31.2 Å². The highest BCUT2D eigenvalue weighted by atomic mass is 32.1. The molecule has 146 valence electrons. The number of rotatable bonds is 4. The molecule has 3 atom stereocenters. The molecule has 0 aliphatic heterocycles. The number of thiazole rings is 1. The summed E-state index contributed by atoms with van der Waals surface area (Å²) in [6.45, 7) is 2.03. The minimum Gasteiger partial charge on any atom is -0.456 e. The number of benzene rings is 1. The lowest BCUT2D eigenvalue weighted by molar-refractivity contribution is -0.174. The summed E-state index contributed by atoms with van der Waals surface area (Å²) in [7, 11) is 0. The Kier molecular flexibility index (Phi) is 4.09. The van der Waals surface area contributed by atoms with Crippen LogP contribution in [0.3, 0.4) is 0 Å². The topological polar surface area (TPSA) is 82.3 Å². The Morgan fingerprint density at radius 2 is 1.89 bits per heavy atom. The molecule has 1 aromatic heterocycles. The van der Waals surface area contributed by atoms with Crippen molar-refractivity contribution >= 4 is 23.2 Å². The number of carbonyl (C=O) groups excluding carboxylic acids is 2. The number of nitrogens with two attached hydrogens (primary N) is 1. The van der Waals surface area contributed by atoms with Gasteiger partial charge in [-0.15, -0.1) is 11.3 Å². The first-order valence-electron chi connectivity index (χ1n) is 9.98. The second-order valence-corrected chi connectivity index (χ2v) is 9.66. The third-order valence-electron chi connectivity index (χ3n) is 7.03. The summed E-state index contributed by atoms with van der Waals surface area (Å²) < 4.78 is 5.96. The lowest BCUT2D eigenvalue weighted by Gasteiger charge is -2.58. The van der Waals surface area contributed by atoms with E-state index in [1.54, 1.807) is 5.38 Å². The predicted octanol–water partition coefficient (Wildman–Crippen LogP) is 3.96. The minimum atomic E-state index is -0.681. The van der Waals surface area contributed by atoms with Gasteiger partial charge in [-0.05, 0) is 62.3 Å². The molecule has 6 rings (SSSR count). The number of hydrogen-bond acceptors (Lipinski definition) is 5. The molecule has 1 heterocycles. The van der Waals surface area contributed by atoms with Gasteiger partial charge in [0.25, 0.3) is 0 Å². The number of aromatic nitrogens is 1. The number of ether oxygens (including phenoxy) is 1. The molecule has 3 unspecified atom stereocenters. The van der Waals surface area contributed by atoms with E-state index in [1.165, 1.54) is 17.8 Å². The van der Waals surface area contributed by atoms with Gasteiger partial charge in [0, 0.05) is 10.9 Å². The van der Waals surface area contributed by atoms with Gasteiger partial charge < -0.3 is 10.5 Å². The van der Waals surface area contributed by atoms with E-state index >= 15 is 0 Å². The number of nitrogens with zero attached hydrogens (tertiary/aromatic N) is 1. The van der Waals surface area contributed by atoms with Crippen LogP contribution < -0.4 is 5.73 Å². The van der Waals surface area contributed by atoms with Gasteiger partial charge in [-0.3, -0.25) is 4.79 Å². The highest BCUT2D eigenvalue weighted by Gasteiger charge is 2.61. The number of primary amides is 1. The highest BCUT2D eigenvalue weighted by molar-refractivity contribution is 7.13. The van der Waals surface area contributed by atoms with Crippen LogP contribution in [-0.4, -0.2) is 23.0 Å². The lowest BCUT2D eigenvalue weighted by Crippen LogP contribution is -2.62. The van der Waals surface area contributed by atoms with Crippen molar-refractivity contribution in [1.29, 1.82) is 0 Å². The van der Waals surface area contributed by atoms with E-state index in [0.29, 0.717) is 17.5 Å². The molecule has 4 aliphatic rings. The van der Waals surface area contributed by atoms with Crippen LogP contribution in [0.15, 0.2) is 29.6 Å². The average Bonchev–Trinajstić information content (AvgIpc) is 3.14. The largest absolute Gasteiger partial charge is 0.456 e. The van der Waals surface area contributed by atoms with Crippen molar-refractivity contribution in [3.63, 3.8) is 0 Å². The average molecular weight is 397 g/mol. The summed E-state index contributed by atoms with van der Waals surface area (Å²) in [6, 6.07) is 7.98. The van der Waals surface area contributed by atoms with Gasteiger partial charge in [0.1, 0.15) is 11.1 Å². The Hall–Kier alpha value is -2.21. The summed E-state index contributed by atoms with van der Waals surface area (Å²) in [4.78, 5) is 29.8. The van der Waals surface area contributed by atoms with E-state index in [-0.39, 0.29) is 11.8 Å². The summed E-state index contributed by atoms with van der Waals surface area (Å²) in [5, 5.41) is 2.55. The Morgan fingerprint density at radius 1 is 1.18 bits per heavy atom. The van der Waals surface area contributed by atoms with Crippen LogP contribution in [-0.2, 0) is 9.53 Å². The maximum atomic E-state index is 12.9. The van der Waals surface area contributed by atoms with E-state index in [2.05, 4.69) is 4.98 Å². The third-order valence-corrected chi connectivity index (χ3v) is 7.91. The smallest absolute Gasteiger partial charge is 0.358 e. The molecule has 4 fully saturated rings. The fourth-order valence-corrected chi connectivity index (χ4v) is 6.90. The van der Waals surface area contributed by atoms with Gasteiger partial charge in [0.15, 0.2) is 5.69 Å². The number of amides is 1. The van der Waals surface area contributed by atoms with Crippen LogP contribution in [0.5, 0.6) is 0 Å². The minimum absolute atomic E-state index is 0.247. The normalized spacial score (nSPS) is 33.0. The molecule has 1 aromatic carbocycles. The van der Waals surface area contributed by atoms with Crippen molar-refractivity contribution < 1.29 is 14.3 Å². The highest BCUT2D eigenvalue weighted by Crippen LogP contribution is 2.61. The fraction of sp³-hybridized carbons (Fsp3) is 0.500. The summed E-state index contributed by atoms with van der Waals surface area (Å²) in [5.74, 6) is 0.605. The molecule has 4 aliphatic carbocycles. The first-order valence-corrected chi connectivity index (χ1v) is 10.9. The van der Waals surface area contributed by atoms with Gasteiger partial charge >= 0.3 is 5.97 Å². The quantitative estimate of drug-likeness (QED) is 0.793. The molecule has 1 amide bonds. The zero-order valence-corrected chi connectivity index (χ0v) is 16.7. The van der Waals surface area contributed by atoms with Crippen LogP contribution >= 0.6 is 11.3 Å². The van der Waals surface area contributed by atoms with Gasteiger partial charge in [0.05, 0.1) is 5.41 Å². The molecule has 0 radical (unpaired) electrons. The van der Waals surface area contributed by atoms with E-state index in [0.717, 1.165) is 41.8 Å². The predicted molar refractivity (Wildman–Crippen MR) is 107 cm³/mol. The van der Waals surface area contributed by atoms with Crippen molar-refractivity contribution in [2.45, 2.75) is 45.1 Å². The molecule has 4 bridgehead atoms. The van der Waals surface area contributed by atoms with Crippen molar-refractivity contribution in [1.82, 2.24) is 4.98 Å². The number of hydrogen-bond donors (Lipinski definition) is 1. The van der Waals surface area contributed by atoms with Crippen molar-refractivity contribution in [2.24, 2.45) is 28.9 Å². The van der Waals surface area contributed by atoms with Gasteiger partial charge in [-0.25, -0.2) is 9.78 Å². The maximum absolute atomic E-state index is 12.9. The molecular formula is C22H24N2O3S. The summed E-state index contributed by atoms with van der Waals surface area (Å²) in [6.07, 6.45) is 4.38. The summed E-state index contributed by atoms with van der Waals surface area (Å²) in [5.41, 5.74) is 7.62. The van der Waals surface area contributed by atoms with Crippen molar-refractivity contribution in [2.75, 3.05) is 0 Å². The van der Waals surface area contributed by atoms with Crippen LogP contribution in [0.25, 0.3) is 10.6 Å². The van der Waals surface area contributed by atoms with Gasteiger partial charge in [-0.2, -0.15) is 0 Å². The Bertz CT molecular complexity index is 939. The zero-order valence-electron chi connectivity index (χ0n) is 15.9. The molecular weight excluding hydrogens is 372 g/mol.